The number of carbonyl (C=O) groups is 11. The number of carboxylic acid groups (broad SMARTS) is 1. The summed E-state index contributed by atoms with van der Waals surface area (Å²) in [7, 11) is 0. The predicted octanol–water partition coefficient (Wildman–Crippen LogP) is -7.55. The summed E-state index contributed by atoms with van der Waals surface area (Å²) < 4.78 is -1.09. The normalized spacial score (nSPS) is 16.2. The number of guanidine groups is 1. The van der Waals surface area contributed by atoms with Gasteiger partial charge in [-0.25, -0.2) is 0 Å². The second kappa shape index (κ2) is 27.3. The summed E-state index contributed by atoms with van der Waals surface area (Å²) >= 11 is 8.39. The van der Waals surface area contributed by atoms with Gasteiger partial charge in [-0.3, -0.25) is 52.9 Å². The first-order chi connectivity index (χ1) is 29.5. The molecule has 0 unspecified atom stereocenters. The Hall–Kier alpha value is -5.74. The highest BCUT2D eigenvalue weighted by Gasteiger charge is 2.40. The molecule has 9 amide bonds. The van der Waals surface area contributed by atoms with Crippen molar-refractivity contribution < 1.29 is 63.0 Å². The second-order valence-electron chi connectivity index (χ2n) is 14.7. The highest BCUT2D eigenvalue weighted by atomic mass is 32.1. The van der Waals surface area contributed by atoms with Crippen LogP contribution in [0.5, 0.6) is 0 Å². The van der Waals surface area contributed by atoms with Gasteiger partial charge in [0.2, 0.25) is 53.2 Å². The fourth-order valence-electron chi connectivity index (χ4n) is 5.77. The quantitative estimate of drug-likeness (QED) is 0.0120. The number of nitrogens with zero attached hydrogens (tertiary/aromatic N) is 2. The first kappa shape index (κ1) is 55.3. The third-order valence-electron chi connectivity index (χ3n) is 8.96. The lowest BCUT2D eigenvalue weighted by Gasteiger charge is -2.29. The molecule has 0 aromatic heterocycles. The van der Waals surface area contributed by atoms with Gasteiger partial charge in [0.15, 0.2) is 5.96 Å². The van der Waals surface area contributed by atoms with Crippen molar-refractivity contribution in [3.8, 4) is 0 Å². The van der Waals surface area contributed by atoms with Crippen molar-refractivity contribution in [1.29, 1.82) is 0 Å². The monoisotopic (exact) mass is 933 g/mol. The number of likely N-dealkylation sites (tertiary alicyclic amines) is 1. The molecule has 1 aliphatic heterocycles. The second-order valence-corrected chi connectivity index (χ2v) is 16.2. The maximum atomic E-state index is 13.5. The number of carboxylic acids is 1. The molecule has 16 N–H and O–H groups in total. The molecule has 1 rings (SSSR count). The molecule has 0 aromatic rings. The molecule has 63 heavy (non-hydrogen) atoms. The van der Waals surface area contributed by atoms with Crippen LogP contribution in [-0.4, -0.2) is 179 Å². The van der Waals surface area contributed by atoms with Crippen molar-refractivity contribution in [3.63, 3.8) is 0 Å². The summed E-state index contributed by atoms with van der Waals surface area (Å²) in [5.41, 5.74) is 16.0. The van der Waals surface area contributed by atoms with E-state index in [1.165, 1.54) is 20.8 Å². The minimum atomic E-state index is -1.85. The number of aldehydes is 1. The van der Waals surface area contributed by atoms with Crippen molar-refractivity contribution in [3.05, 3.63) is 0 Å². The zero-order valence-electron chi connectivity index (χ0n) is 35.0. The maximum Gasteiger partial charge on any atom is 0.305 e. The van der Waals surface area contributed by atoms with Gasteiger partial charge in [0.1, 0.15) is 42.5 Å². The van der Waals surface area contributed by atoms with Crippen molar-refractivity contribution in [2.45, 2.75) is 99.9 Å². The molecule has 7 atom stereocenters. The van der Waals surface area contributed by atoms with E-state index in [0.717, 1.165) is 4.90 Å². The van der Waals surface area contributed by atoms with Gasteiger partial charge in [-0.05, 0) is 46.5 Å². The Balaban J connectivity index is 3.03. The summed E-state index contributed by atoms with van der Waals surface area (Å²) in [6.07, 6.45) is -0.0235. The van der Waals surface area contributed by atoms with Crippen LogP contribution < -0.4 is 59.7 Å². The molecule has 0 radical (unpaired) electrons. The van der Waals surface area contributed by atoms with Crippen LogP contribution in [0, 0.1) is 0 Å². The minimum Gasteiger partial charge on any atom is -0.481 e. The van der Waals surface area contributed by atoms with E-state index in [-0.39, 0.29) is 44.1 Å². The van der Waals surface area contributed by atoms with Crippen molar-refractivity contribution in [1.82, 2.24) is 47.4 Å². The number of rotatable bonds is 27. The molecule has 1 aliphatic rings. The number of aliphatic hydroxyl groups is 1. The number of nitrogens with two attached hydrogens (primary N) is 3. The lowest BCUT2D eigenvalue weighted by atomic mass is 10.0. The number of aliphatic imine (C=N–C) groups is 1. The van der Waals surface area contributed by atoms with E-state index in [9.17, 15) is 63.0 Å². The number of nitrogens with one attached hydrogen (secondary N) is 8. The Bertz CT molecular complexity index is 1710. The fraction of sp³-hybridized carbons (Fsp3) is 0.657. The molecule has 1 saturated heterocycles. The molecular weight excluding hydrogens is 875 g/mol. The largest absolute Gasteiger partial charge is 0.481 e. The van der Waals surface area contributed by atoms with Gasteiger partial charge < -0.3 is 79.6 Å². The Morgan fingerprint density at radius 2 is 1.41 bits per heavy atom. The third-order valence-corrected chi connectivity index (χ3v) is 9.58. The van der Waals surface area contributed by atoms with Crippen LogP contribution >= 0.6 is 25.3 Å². The molecule has 1 fully saturated rings. The molecule has 354 valence electrons. The van der Waals surface area contributed by atoms with Crippen LogP contribution in [-0.2, 0) is 52.7 Å². The van der Waals surface area contributed by atoms with E-state index < -0.39 is 139 Å². The first-order valence-electron chi connectivity index (χ1n) is 19.5. The Morgan fingerprint density at radius 3 is 1.94 bits per heavy atom. The summed E-state index contributed by atoms with van der Waals surface area (Å²) in [6, 6.07) is -9.30. The van der Waals surface area contributed by atoms with Crippen LogP contribution in [0.25, 0.3) is 0 Å². The van der Waals surface area contributed by atoms with Gasteiger partial charge in [-0.15, -0.1) is 0 Å². The molecule has 1 heterocycles. The van der Waals surface area contributed by atoms with Gasteiger partial charge in [-0.1, -0.05) is 0 Å². The smallest absolute Gasteiger partial charge is 0.305 e. The molecular formula is C35H59N13O13S2. The number of thiol groups is 2. The van der Waals surface area contributed by atoms with E-state index >= 15 is 0 Å². The average Bonchev–Trinajstić information content (AvgIpc) is 3.72. The molecule has 0 spiro atoms. The zero-order valence-corrected chi connectivity index (χ0v) is 36.8. The van der Waals surface area contributed by atoms with Crippen LogP contribution in [0.3, 0.4) is 0 Å². The van der Waals surface area contributed by atoms with Crippen molar-refractivity contribution >= 4 is 96.6 Å². The predicted molar refractivity (Wildman–Crippen MR) is 229 cm³/mol. The van der Waals surface area contributed by atoms with E-state index in [4.69, 9.17) is 17.2 Å². The Kier molecular flexibility index (Phi) is 24.0. The number of hydrogen-bond donors (Lipinski definition) is 15. The van der Waals surface area contributed by atoms with E-state index in [0.29, 0.717) is 12.7 Å². The number of aliphatic hydroxyl groups excluding tert-OH is 1. The average molecular weight is 934 g/mol. The SMILES string of the molecule is C[C@@H](C=O)NC(=O)[C@H](CS)NC(=O)[C@@H]1CCCN1C(=O)[C@H](CO)NC(=O)[C@H](CC(=O)O)NC(=O)CNC(=O)[C@H](CCCN=C(N)N)NC(=O)CNC(=O)[C@@H](NC(=O)CN)C(C)(C)S. The molecule has 0 bridgehead atoms. The van der Waals surface area contributed by atoms with Gasteiger partial charge in [0.25, 0.3) is 0 Å². The summed E-state index contributed by atoms with van der Waals surface area (Å²) in [5, 5.41) is 38.1. The maximum absolute atomic E-state index is 13.5. The lowest BCUT2D eigenvalue weighted by Crippen LogP contribution is -2.59. The molecule has 0 saturated carbocycles. The van der Waals surface area contributed by atoms with Crippen LogP contribution in [0.2, 0.25) is 0 Å². The highest BCUT2D eigenvalue weighted by molar-refractivity contribution is 7.81. The standard InChI is InChI=1S/C35H59N13O13S2/c1-17(14-49)42-30(58)21(16-62)46-31(59)22-7-5-9-48(22)33(61)20(15-50)45-29(57)19(10-26(54)55)44-25(53)12-40-28(56)18(6-4-8-39-34(37)38)43-24(52)13-41-32(60)27(35(2,3)63)47-23(51)11-36/h14,17-22,27,50,62-63H,4-13,15-16,36H2,1-3H3,(H,40,56)(H,41,60)(H,42,58)(H,43,52)(H,44,53)(H,45,57)(H,46,59)(H,47,51)(H,54,55)(H4,37,38,39)/t17-,18-,19-,20-,21-,22-,27+/m0/s1. The topological polar surface area (TPSA) is 418 Å². The number of carbonyl (C=O) groups excluding carboxylic acids is 10. The number of hydrogen-bond acceptors (Lipinski definition) is 16. The minimum absolute atomic E-state index is 0.00627. The Morgan fingerprint density at radius 1 is 0.825 bits per heavy atom. The third kappa shape index (κ3) is 19.9. The summed E-state index contributed by atoms with van der Waals surface area (Å²) in [5.74, 6) is -9.90. The van der Waals surface area contributed by atoms with Crippen LogP contribution in [0.1, 0.15) is 52.9 Å². The zero-order chi connectivity index (χ0) is 48.0. The van der Waals surface area contributed by atoms with Crippen molar-refractivity contribution in [2.24, 2.45) is 22.2 Å². The molecule has 0 aliphatic carbocycles. The van der Waals surface area contributed by atoms with E-state index in [2.05, 4.69) is 72.8 Å². The van der Waals surface area contributed by atoms with Crippen LogP contribution in [0.15, 0.2) is 4.99 Å². The van der Waals surface area contributed by atoms with Gasteiger partial charge in [0, 0.05) is 23.6 Å². The van der Waals surface area contributed by atoms with E-state index in [1.54, 1.807) is 0 Å². The number of amides is 9. The number of aliphatic carboxylic acids is 1. The highest BCUT2D eigenvalue weighted by Crippen LogP contribution is 2.20. The van der Waals surface area contributed by atoms with Gasteiger partial charge in [-0.2, -0.15) is 25.3 Å². The van der Waals surface area contributed by atoms with Gasteiger partial charge in [0.05, 0.1) is 38.7 Å². The Labute approximate surface area is 373 Å². The fourth-order valence-corrected chi connectivity index (χ4v) is 6.21. The molecule has 26 nitrogen and oxygen atoms in total. The summed E-state index contributed by atoms with van der Waals surface area (Å²) in [6.45, 7) is 1.58. The first-order valence-corrected chi connectivity index (χ1v) is 20.6. The molecule has 28 heteroatoms. The molecule has 0 aromatic carbocycles. The van der Waals surface area contributed by atoms with Crippen LogP contribution in [0.4, 0.5) is 0 Å². The summed E-state index contributed by atoms with van der Waals surface area (Å²) in [4.78, 5) is 144. The van der Waals surface area contributed by atoms with E-state index in [1.807, 2.05) is 0 Å². The van der Waals surface area contributed by atoms with Gasteiger partial charge >= 0.3 is 5.97 Å². The van der Waals surface area contributed by atoms with Crippen molar-refractivity contribution in [2.75, 3.05) is 45.1 Å². The lowest BCUT2D eigenvalue weighted by molar-refractivity contribution is -0.144.